The molecule has 28 heavy (non-hydrogen) atoms. The maximum atomic E-state index is 12.5. The number of hydrogen-bond acceptors (Lipinski definition) is 6. The highest BCUT2D eigenvalue weighted by molar-refractivity contribution is 7.22. The zero-order valence-electron chi connectivity index (χ0n) is 15.2. The highest BCUT2D eigenvalue weighted by atomic mass is 35.5. The molecular weight excluding hydrogens is 394 g/mol. The van der Waals surface area contributed by atoms with E-state index in [1.807, 2.05) is 44.2 Å². The van der Waals surface area contributed by atoms with Crippen molar-refractivity contribution in [1.29, 1.82) is 0 Å². The lowest BCUT2D eigenvalue weighted by atomic mass is 10.2. The topological polar surface area (TPSA) is 79.8 Å². The molecule has 0 unspecified atom stereocenters. The second kappa shape index (κ2) is 7.53. The van der Waals surface area contributed by atoms with Gasteiger partial charge in [-0.1, -0.05) is 22.9 Å². The van der Waals surface area contributed by atoms with Crippen molar-refractivity contribution in [2.45, 2.75) is 13.8 Å². The number of thiazole rings is 1. The summed E-state index contributed by atoms with van der Waals surface area (Å²) in [6.07, 6.45) is 0. The van der Waals surface area contributed by atoms with E-state index in [4.69, 9.17) is 11.6 Å². The lowest BCUT2D eigenvalue weighted by molar-refractivity contribution is 0.102. The van der Waals surface area contributed by atoms with E-state index in [9.17, 15) is 4.79 Å². The molecule has 0 atom stereocenters. The van der Waals surface area contributed by atoms with Crippen LogP contribution in [0.2, 0.25) is 5.02 Å². The van der Waals surface area contributed by atoms with Crippen molar-refractivity contribution in [1.82, 2.24) is 15.0 Å². The lowest BCUT2D eigenvalue weighted by Crippen LogP contribution is -2.11. The first kappa shape index (κ1) is 18.3. The van der Waals surface area contributed by atoms with Gasteiger partial charge in [-0.15, -0.1) is 0 Å². The number of anilines is 3. The molecule has 0 saturated heterocycles. The fourth-order valence-corrected chi connectivity index (χ4v) is 3.87. The van der Waals surface area contributed by atoms with Gasteiger partial charge in [-0.2, -0.15) is 0 Å². The van der Waals surface area contributed by atoms with Gasteiger partial charge in [-0.05, 0) is 62.4 Å². The third kappa shape index (κ3) is 4.11. The number of nitrogens with one attached hydrogen (secondary N) is 2. The van der Waals surface area contributed by atoms with E-state index in [0.717, 1.165) is 27.3 Å². The Hall–Kier alpha value is -3.03. The smallest absolute Gasteiger partial charge is 0.257 e. The molecule has 0 aliphatic carbocycles. The van der Waals surface area contributed by atoms with Crippen LogP contribution in [0, 0.1) is 13.8 Å². The number of rotatable bonds is 4. The molecule has 6 nitrogen and oxygen atoms in total. The highest BCUT2D eigenvalue weighted by Gasteiger charge is 2.10. The molecule has 140 valence electrons. The van der Waals surface area contributed by atoms with Crippen LogP contribution in [0.5, 0.6) is 0 Å². The summed E-state index contributed by atoms with van der Waals surface area (Å²) in [6.45, 7) is 3.84. The predicted molar refractivity (Wildman–Crippen MR) is 114 cm³/mol. The minimum atomic E-state index is -0.223. The summed E-state index contributed by atoms with van der Waals surface area (Å²) in [4.78, 5) is 25.6. The summed E-state index contributed by atoms with van der Waals surface area (Å²) in [5, 5.41) is 7.16. The number of aryl methyl sites for hydroxylation is 2. The Morgan fingerprint density at radius 1 is 0.964 bits per heavy atom. The molecule has 4 aromatic rings. The number of carbonyl (C=O) groups is 1. The van der Waals surface area contributed by atoms with Crippen molar-refractivity contribution in [3.8, 4) is 0 Å². The van der Waals surface area contributed by atoms with Gasteiger partial charge in [0.05, 0.1) is 10.2 Å². The SMILES string of the molecule is Cc1cc(C)nc(Nc2ccc(C(=O)Nc3nc4ccc(Cl)cc4s3)cc2)n1. The highest BCUT2D eigenvalue weighted by Crippen LogP contribution is 2.28. The van der Waals surface area contributed by atoms with E-state index >= 15 is 0 Å². The largest absolute Gasteiger partial charge is 0.324 e. The first-order chi connectivity index (χ1) is 13.5. The number of fused-ring (bicyclic) bond motifs is 1. The fraction of sp³-hybridized carbons (Fsp3) is 0.100. The molecule has 2 aromatic heterocycles. The standard InChI is InChI=1S/C20H16ClN5OS/c1-11-9-12(2)23-19(22-11)24-15-6-3-13(4-7-15)18(27)26-20-25-16-8-5-14(21)10-17(16)28-20/h3-10H,1-2H3,(H,22,23,24)(H,25,26,27). The van der Waals surface area contributed by atoms with Crippen LogP contribution in [0.4, 0.5) is 16.8 Å². The second-order valence-electron chi connectivity index (χ2n) is 6.26. The summed E-state index contributed by atoms with van der Waals surface area (Å²) in [6, 6.07) is 14.5. The normalized spacial score (nSPS) is 10.8. The second-order valence-corrected chi connectivity index (χ2v) is 7.73. The zero-order valence-corrected chi connectivity index (χ0v) is 16.7. The molecule has 0 bridgehead atoms. The molecule has 1 amide bonds. The van der Waals surface area contributed by atoms with Crippen LogP contribution in [0.25, 0.3) is 10.2 Å². The average molecular weight is 410 g/mol. The quantitative estimate of drug-likeness (QED) is 0.474. The van der Waals surface area contributed by atoms with Gasteiger partial charge in [0.25, 0.3) is 5.91 Å². The maximum Gasteiger partial charge on any atom is 0.257 e. The van der Waals surface area contributed by atoms with Crippen LogP contribution in [-0.2, 0) is 0 Å². The Morgan fingerprint density at radius 2 is 1.68 bits per heavy atom. The average Bonchev–Trinajstić information content (AvgIpc) is 3.02. The molecule has 0 spiro atoms. The molecule has 0 saturated carbocycles. The molecule has 8 heteroatoms. The maximum absolute atomic E-state index is 12.5. The van der Waals surface area contributed by atoms with E-state index in [0.29, 0.717) is 21.7 Å². The summed E-state index contributed by atoms with van der Waals surface area (Å²) >= 11 is 7.38. The Labute approximate surface area is 170 Å². The molecule has 2 N–H and O–H groups in total. The first-order valence-corrected chi connectivity index (χ1v) is 9.72. The van der Waals surface area contributed by atoms with Gasteiger partial charge in [0.1, 0.15) is 0 Å². The van der Waals surface area contributed by atoms with Crippen LogP contribution in [0.1, 0.15) is 21.7 Å². The molecule has 0 fully saturated rings. The van der Waals surface area contributed by atoms with Crippen molar-refractivity contribution in [2.75, 3.05) is 10.6 Å². The van der Waals surface area contributed by atoms with E-state index in [1.54, 1.807) is 18.2 Å². The van der Waals surface area contributed by atoms with Crippen LogP contribution >= 0.6 is 22.9 Å². The van der Waals surface area contributed by atoms with Crippen LogP contribution in [-0.4, -0.2) is 20.9 Å². The van der Waals surface area contributed by atoms with Gasteiger partial charge in [-0.3, -0.25) is 10.1 Å². The monoisotopic (exact) mass is 409 g/mol. The van der Waals surface area contributed by atoms with Gasteiger partial charge >= 0.3 is 0 Å². The van der Waals surface area contributed by atoms with Crippen LogP contribution < -0.4 is 10.6 Å². The Morgan fingerprint density at radius 3 is 2.39 bits per heavy atom. The lowest BCUT2D eigenvalue weighted by Gasteiger charge is -2.07. The minimum Gasteiger partial charge on any atom is -0.324 e. The summed E-state index contributed by atoms with van der Waals surface area (Å²) in [5.74, 6) is 0.308. The van der Waals surface area contributed by atoms with E-state index < -0.39 is 0 Å². The van der Waals surface area contributed by atoms with Gasteiger partial charge in [0, 0.05) is 27.7 Å². The van der Waals surface area contributed by atoms with Crippen molar-refractivity contribution in [3.63, 3.8) is 0 Å². The van der Waals surface area contributed by atoms with Crippen LogP contribution in [0.15, 0.2) is 48.5 Å². The van der Waals surface area contributed by atoms with E-state index in [2.05, 4.69) is 25.6 Å². The third-order valence-electron chi connectivity index (χ3n) is 3.96. The number of aromatic nitrogens is 3. The molecular formula is C20H16ClN5OS. The van der Waals surface area contributed by atoms with Crippen molar-refractivity contribution < 1.29 is 4.79 Å². The summed E-state index contributed by atoms with van der Waals surface area (Å²) in [5.41, 5.74) is 3.92. The van der Waals surface area contributed by atoms with Gasteiger partial charge in [0.15, 0.2) is 5.13 Å². The van der Waals surface area contributed by atoms with Crippen molar-refractivity contribution >= 4 is 55.8 Å². The Kier molecular flexibility index (Phi) is 4.93. The third-order valence-corrected chi connectivity index (χ3v) is 5.13. The fourth-order valence-electron chi connectivity index (χ4n) is 2.74. The molecule has 0 radical (unpaired) electrons. The van der Waals surface area contributed by atoms with Crippen LogP contribution in [0.3, 0.4) is 0 Å². The number of nitrogens with zero attached hydrogens (tertiary/aromatic N) is 3. The molecule has 0 aliphatic rings. The van der Waals surface area contributed by atoms with Crippen molar-refractivity contribution in [3.05, 3.63) is 70.5 Å². The number of amides is 1. The number of benzene rings is 2. The molecule has 4 rings (SSSR count). The van der Waals surface area contributed by atoms with E-state index in [1.165, 1.54) is 11.3 Å². The Bertz CT molecular complexity index is 1150. The number of halogens is 1. The molecule has 0 aliphatic heterocycles. The van der Waals surface area contributed by atoms with E-state index in [-0.39, 0.29) is 5.91 Å². The predicted octanol–water partition coefficient (Wildman–Crippen LogP) is 5.35. The van der Waals surface area contributed by atoms with Gasteiger partial charge < -0.3 is 5.32 Å². The minimum absolute atomic E-state index is 0.223. The summed E-state index contributed by atoms with van der Waals surface area (Å²) < 4.78 is 0.927. The van der Waals surface area contributed by atoms with Gasteiger partial charge in [0.2, 0.25) is 5.95 Å². The number of carbonyl (C=O) groups excluding carboxylic acids is 1. The zero-order chi connectivity index (χ0) is 19.7. The molecule has 2 heterocycles. The first-order valence-electron chi connectivity index (χ1n) is 8.53. The Balaban J connectivity index is 1.47. The molecule has 2 aromatic carbocycles. The summed E-state index contributed by atoms with van der Waals surface area (Å²) in [7, 11) is 0. The van der Waals surface area contributed by atoms with Gasteiger partial charge in [-0.25, -0.2) is 15.0 Å². The number of hydrogen-bond donors (Lipinski definition) is 2. The van der Waals surface area contributed by atoms with Crippen molar-refractivity contribution in [2.24, 2.45) is 0 Å².